The van der Waals surface area contributed by atoms with Crippen molar-refractivity contribution in [1.82, 2.24) is 19.8 Å². The fraction of sp³-hybridized carbons (Fsp3) is 0.667. The number of furan rings is 1. The molecule has 4 heterocycles. The second-order valence-electron chi connectivity index (χ2n) is 8.11. The summed E-state index contributed by atoms with van der Waals surface area (Å²) in [6.07, 6.45) is 4.71. The molecule has 152 valence electrons. The largest absolute Gasteiger partial charge is 0.443 e. The molecule has 2 aromatic heterocycles. The van der Waals surface area contributed by atoms with E-state index in [0.717, 1.165) is 81.2 Å². The summed E-state index contributed by atoms with van der Waals surface area (Å²) in [6, 6.07) is 0. The standard InChI is InChI=1S/C21H31N5O2/c1-4-7-24-9-11-25(12-10-24)21(27)17-6-5-8-26(13-17)19-18-15(2)16(3)28-20(18)23-14-22-19/h14,17H,4-13H2,1-3H3/t17-/m1/s1. The van der Waals surface area contributed by atoms with Gasteiger partial charge < -0.3 is 14.2 Å². The molecule has 2 aliphatic rings. The number of fused-ring (bicyclic) bond motifs is 1. The van der Waals surface area contributed by atoms with Crippen LogP contribution in [0.1, 0.15) is 37.5 Å². The van der Waals surface area contributed by atoms with Gasteiger partial charge in [0.15, 0.2) is 0 Å². The first-order chi connectivity index (χ1) is 13.6. The number of aromatic nitrogens is 2. The maximum atomic E-state index is 13.2. The van der Waals surface area contributed by atoms with Crippen molar-refractivity contribution in [2.24, 2.45) is 5.92 Å². The molecule has 0 bridgehead atoms. The van der Waals surface area contributed by atoms with E-state index in [1.165, 1.54) is 6.42 Å². The van der Waals surface area contributed by atoms with Crippen molar-refractivity contribution in [3.63, 3.8) is 0 Å². The Morgan fingerprint density at radius 2 is 1.96 bits per heavy atom. The zero-order chi connectivity index (χ0) is 19.7. The topological polar surface area (TPSA) is 65.7 Å². The van der Waals surface area contributed by atoms with Gasteiger partial charge in [0.1, 0.15) is 17.9 Å². The van der Waals surface area contributed by atoms with Crippen LogP contribution >= 0.6 is 0 Å². The number of piperidine rings is 1. The Hall–Kier alpha value is -2.15. The average molecular weight is 386 g/mol. The molecule has 4 rings (SSSR count). The van der Waals surface area contributed by atoms with Crippen LogP contribution in [0.25, 0.3) is 11.1 Å². The van der Waals surface area contributed by atoms with Crippen molar-refractivity contribution in [1.29, 1.82) is 0 Å². The number of aryl methyl sites for hydroxylation is 2. The second kappa shape index (κ2) is 8.07. The highest BCUT2D eigenvalue weighted by molar-refractivity contribution is 5.90. The van der Waals surface area contributed by atoms with Crippen molar-refractivity contribution < 1.29 is 9.21 Å². The molecule has 2 aliphatic heterocycles. The van der Waals surface area contributed by atoms with Crippen LogP contribution in [0.2, 0.25) is 0 Å². The Bertz CT molecular complexity index is 841. The highest BCUT2D eigenvalue weighted by atomic mass is 16.3. The monoisotopic (exact) mass is 385 g/mol. The number of amides is 1. The number of nitrogens with zero attached hydrogens (tertiary/aromatic N) is 5. The maximum absolute atomic E-state index is 13.2. The predicted octanol–water partition coefficient (Wildman–Crippen LogP) is 2.61. The SMILES string of the molecule is CCCN1CCN(C(=O)[C@@H]2CCCN(c3ncnc4oc(C)c(C)c34)C2)CC1. The highest BCUT2D eigenvalue weighted by Gasteiger charge is 2.32. The van der Waals surface area contributed by atoms with E-state index in [2.05, 4.69) is 38.5 Å². The summed E-state index contributed by atoms with van der Waals surface area (Å²) in [4.78, 5) is 28.8. The molecule has 0 aromatic carbocycles. The third-order valence-corrected chi connectivity index (χ3v) is 6.24. The lowest BCUT2D eigenvalue weighted by atomic mass is 9.95. The molecule has 28 heavy (non-hydrogen) atoms. The summed E-state index contributed by atoms with van der Waals surface area (Å²) in [5, 5.41) is 0.987. The van der Waals surface area contributed by atoms with Crippen LogP contribution in [-0.2, 0) is 4.79 Å². The summed E-state index contributed by atoms with van der Waals surface area (Å²) in [7, 11) is 0. The van der Waals surface area contributed by atoms with E-state index in [9.17, 15) is 4.79 Å². The molecule has 7 nitrogen and oxygen atoms in total. The van der Waals surface area contributed by atoms with Gasteiger partial charge in [0.05, 0.1) is 11.3 Å². The minimum absolute atomic E-state index is 0.0461. The van der Waals surface area contributed by atoms with Crippen LogP contribution < -0.4 is 4.90 Å². The fourth-order valence-electron chi connectivity index (χ4n) is 4.54. The number of hydrogen-bond acceptors (Lipinski definition) is 6. The molecule has 0 aliphatic carbocycles. The highest BCUT2D eigenvalue weighted by Crippen LogP contribution is 2.33. The Morgan fingerprint density at radius 1 is 1.18 bits per heavy atom. The molecule has 1 amide bonds. The minimum atomic E-state index is 0.0461. The molecule has 2 fully saturated rings. The molecule has 1 atom stereocenters. The molecule has 2 aromatic rings. The van der Waals surface area contributed by atoms with Gasteiger partial charge in [0, 0.05) is 44.8 Å². The maximum Gasteiger partial charge on any atom is 0.231 e. The second-order valence-corrected chi connectivity index (χ2v) is 8.11. The van der Waals surface area contributed by atoms with Crippen LogP contribution in [-0.4, -0.2) is 71.5 Å². The lowest BCUT2D eigenvalue weighted by molar-refractivity contribution is -0.137. The Morgan fingerprint density at radius 3 is 2.71 bits per heavy atom. The third kappa shape index (κ3) is 3.60. The molecule has 0 spiro atoms. The van der Waals surface area contributed by atoms with E-state index in [0.29, 0.717) is 11.6 Å². The molecular formula is C21H31N5O2. The molecule has 7 heteroatoms. The van der Waals surface area contributed by atoms with Gasteiger partial charge in [-0.15, -0.1) is 0 Å². The first-order valence-electron chi connectivity index (χ1n) is 10.5. The van der Waals surface area contributed by atoms with Crippen LogP contribution in [0.5, 0.6) is 0 Å². The van der Waals surface area contributed by atoms with E-state index in [1.54, 1.807) is 6.33 Å². The summed E-state index contributed by atoms with van der Waals surface area (Å²) in [6.45, 7) is 12.7. The van der Waals surface area contributed by atoms with E-state index in [-0.39, 0.29) is 5.92 Å². The van der Waals surface area contributed by atoms with Gasteiger partial charge in [0.25, 0.3) is 0 Å². The summed E-state index contributed by atoms with van der Waals surface area (Å²) >= 11 is 0. The van der Waals surface area contributed by atoms with E-state index >= 15 is 0 Å². The van der Waals surface area contributed by atoms with Gasteiger partial charge in [0.2, 0.25) is 11.6 Å². The van der Waals surface area contributed by atoms with Crippen LogP contribution in [0.3, 0.4) is 0 Å². The quantitative estimate of drug-likeness (QED) is 0.806. The zero-order valence-corrected chi connectivity index (χ0v) is 17.3. The number of hydrogen-bond donors (Lipinski definition) is 0. The van der Waals surface area contributed by atoms with E-state index < -0.39 is 0 Å². The summed E-state index contributed by atoms with van der Waals surface area (Å²) < 4.78 is 5.77. The number of piperazine rings is 1. The molecule has 0 unspecified atom stereocenters. The van der Waals surface area contributed by atoms with Crippen molar-refractivity contribution in [3.05, 3.63) is 17.7 Å². The number of carbonyl (C=O) groups excluding carboxylic acids is 1. The number of anilines is 1. The minimum Gasteiger partial charge on any atom is -0.443 e. The number of carbonyl (C=O) groups is 1. The normalized spacial score (nSPS) is 21.5. The van der Waals surface area contributed by atoms with Crippen molar-refractivity contribution in [2.45, 2.75) is 40.0 Å². The van der Waals surface area contributed by atoms with Gasteiger partial charge in [-0.25, -0.2) is 9.97 Å². The van der Waals surface area contributed by atoms with Crippen molar-refractivity contribution in [3.8, 4) is 0 Å². The average Bonchev–Trinajstić information content (AvgIpc) is 3.02. The zero-order valence-electron chi connectivity index (χ0n) is 17.3. The summed E-state index contributed by atoms with van der Waals surface area (Å²) in [5.41, 5.74) is 1.73. The van der Waals surface area contributed by atoms with Crippen molar-refractivity contribution in [2.75, 3.05) is 50.7 Å². The molecule has 0 radical (unpaired) electrons. The first kappa shape index (κ1) is 19.2. The molecule has 0 saturated carbocycles. The molecule has 0 N–H and O–H groups in total. The summed E-state index contributed by atoms with van der Waals surface area (Å²) in [5.74, 6) is 2.15. The molecule has 2 saturated heterocycles. The van der Waals surface area contributed by atoms with Gasteiger partial charge in [-0.2, -0.15) is 0 Å². The van der Waals surface area contributed by atoms with Gasteiger partial charge >= 0.3 is 0 Å². The van der Waals surface area contributed by atoms with Crippen LogP contribution in [0.15, 0.2) is 10.7 Å². The van der Waals surface area contributed by atoms with Crippen LogP contribution in [0.4, 0.5) is 5.82 Å². The van der Waals surface area contributed by atoms with Gasteiger partial charge in [-0.1, -0.05) is 6.92 Å². The first-order valence-corrected chi connectivity index (χ1v) is 10.5. The smallest absolute Gasteiger partial charge is 0.231 e. The fourth-order valence-corrected chi connectivity index (χ4v) is 4.54. The molecular weight excluding hydrogens is 354 g/mol. The van der Waals surface area contributed by atoms with Crippen LogP contribution in [0, 0.1) is 19.8 Å². The third-order valence-electron chi connectivity index (χ3n) is 6.24. The lowest BCUT2D eigenvalue weighted by Crippen LogP contribution is -2.52. The van der Waals surface area contributed by atoms with E-state index in [1.807, 2.05) is 6.92 Å². The van der Waals surface area contributed by atoms with Gasteiger partial charge in [-0.05, 0) is 39.7 Å². The predicted molar refractivity (Wildman–Crippen MR) is 110 cm³/mol. The Kier molecular flexibility index (Phi) is 5.53. The lowest BCUT2D eigenvalue weighted by Gasteiger charge is -2.39. The Balaban J connectivity index is 1.47. The van der Waals surface area contributed by atoms with Gasteiger partial charge in [-0.3, -0.25) is 9.69 Å². The Labute approximate surface area is 166 Å². The van der Waals surface area contributed by atoms with Crippen molar-refractivity contribution >= 4 is 22.8 Å². The number of rotatable bonds is 4. The van der Waals surface area contributed by atoms with E-state index in [4.69, 9.17) is 4.42 Å².